The molecule has 0 radical (unpaired) electrons. The van der Waals surface area contributed by atoms with Gasteiger partial charge in [0, 0.05) is 15.1 Å². The number of methoxy groups -OCH3 is 1. The molecule has 178 valence electrons. The van der Waals surface area contributed by atoms with E-state index in [0.29, 0.717) is 32.2 Å². The van der Waals surface area contributed by atoms with Crippen LogP contribution in [0.3, 0.4) is 0 Å². The van der Waals surface area contributed by atoms with Crippen LogP contribution < -0.4 is 19.7 Å². The predicted molar refractivity (Wildman–Crippen MR) is 140 cm³/mol. The van der Waals surface area contributed by atoms with Crippen molar-refractivity contribution < 1.29 is 23.9 Å². The first-order valence-corrected chi connectivity index (χ1v) is 12.2. The van der Waals surface area contributed by atoms with Gasteiger partial charge < -0.3 is 9.47 Å². The molecule has 1 heterocycles. The Hall–Kier alpha value is -3.14. The van der Waals surface area contributed by atoms with Gasteiger partial charge >= 0.3 is 6.03 Å². The Morgan fingerprint density at radius 2 is 1.74 bits per heavy atom. The summed E-state index contributed by atoms with van der Waals surface area (Å²) in [5.74, 6) is -0.721. The van der Waals surface area contributed by atoms with Crippen molar-refractivity contribution >= 4 is 73.1 Å². The number of nitrogens with one attached hydrogen (secondary N) is 1. The highest BCUT2D eigenvalue weighted by molar-refractivity contribution is 9.10. The van der Waals surface area contributed by atoms with Gasteiger partial charge in [0.2, 0.25) is 0 Å². The Morgan fingerprint density at radius 3 is 2.43 bits per heavy atom. The molecule has 0 unspecified atom stereocenters. The summed E-state index contributed by atoms with van der Waals surface area (Å²) >= 11 is 13.0. The van der Waals surface area contributed by atoms with Gasteiger partial charge in [-0.2, -0.15) is 0 Å². The number of hydrogen-bond donors (Lipinski definition) is 1. The minimum atomic E-state index is -0.818. The van der Waals surface area contributed by atoms with Gasteiger partial charge in [0.1, 0.15) is 12.2 Å². The molecule has 0 spiro atoms. The molecule has 4 rings (SSSR count). The standard InChI is InChI=1S/C25H17Br2ClN2O5/c1-34-21-12-14(11-19(27)22(21)35-13-15-4-2-3-5-20(15)28)10-18-23(31)29-25(33)30(24(18)32)17-8-6-16(26)7-9-17/h2-12H,13H2,1H3,(H,29,31,33)/b18-10-. The summed E-state index contributed by atoms with van der Waals surface area (Å²) in [6.45, 7) is 0.209. The minimum Gasteiger partial charge on any atom is -0.493 e. The van der Waals surface area contributed by atoms with E-state index in [-0.39, 0.29) is 12.2 Å². The number of ether oxygens (including phenoxy) is 2. The topological polar surface area (TPSA) is 84.9 Å². The number of hydrogen-bond acceptors (Lipinski definition) is 5. The molecule has 1 saturated heterocycles. The second-order valence-electron chi connectivity index (χ2n) is 7.35. The van der Waals surface area contributed by atoms with Crippen LogP contribution in [-0.2, 0) is 16.2 Å². The van der Waals surface area contributed by atoms with Crippen molar-refractivity contribution in [2.24, 2.45) is 0 Å². The number of imide groups is 2. The Labute approximate surface area is 222 Å². The summed E-state index contributed by atoms with van der Waals surface area (Å²) in [6, 6.07) is 16.4. The van der Waals surface area contributed by atoms with Crippen molar-refractivity contribution in [1.29, 1.82) is 0 Å². The minimum absolute atomic E-state index is 0.203. The lowest BCUT2D eigenvalue weighted by Gasteiger charge is -2.26. The highest BCUT2D eigenvalue weighted by Gasteiger charge is 2.36. The van der Waals surface area contributed by atoms with E-state index in [9.17, 15) is 14.4 Å². The maximum absolute atomic E-state index is 13.1. The summed E-state index contributed by atoms with van der Waals surface area (Å²) in [6.07, 6.45) is 1.39. The van der Waals surface area contributed by atoms with Gasteiger partial charge in [-0.3, -0.25) is 14.9 Å². The van der Waals surface area contributed by atoms with E-state index in [0.717, 1.165) is 14.9 Å². The molecule has 3 aromatic rings. The maximum Gasteiger partial charge on any atom is 0.335 e. The van der Waals surface area contributed by atoms with Gasteiger partial charge in [-0.25, -0.2) is 9.69 Å². The van der Waals surface area contributed by atoms with Crippen LogP contribution >= 0.6 is 43.5 Å². The Bertz CT molecular complexity index is 1360. The predicted octanol–water partition coefficient (Wildman–Crippen LogP) is 6.12. The third kappa shape index (κ3) is 5.42. The Balaban J connectivity index is 1.64. The van der Waals surface area contributed by atoms with Crippen molar-refractivity contribution in [1.82, 2.24) is 5.32 Å². The smallest absolute Gasteiger partial charge is 0.335 e. The van der Waals surface area contributed by atoms with Crippen molar-refractivity contribution in [2.45, 2.75) is 6.61 Å². The number of rotatable bonds is 6. The zero-order valence-corrected chi connectivity index (χ0v) is 22.1. The Kier molecular flexibility index (Phi) is 7.59. The van der Waals surface area contributed by atoms with Crippen LogP contribution in [0.2, 0.25) is 5.02 Å². The fourth-order valence-corrected chi connectivity index (χ4v) is 4.41. The van der Waals surface area contributed by atoms with Crippen molar-refractivity contribution in [3.05, 3.63) is 91.3 Å². The van der Waals surface area contributed by atoms with E-state index < -0.39 is 17.8 Å². The number of anilines is 1. The van der Waals surface area contributed by atoms with Crippen LogP contribution in [0.15, 0.2) is 75.2 Å². The van der Waals surface area contributed by atoms with E-state index in [1.165, 1.54) is 13.2 Å². The second kappa shape index (κ2) is 10.6. The van der Waals surface area contributed by atoms with E-state index in [4.69, 9.17) is 21.1 Å². The van der Waals surface area contributed by atoms with Crippen LogP contribution in [0.25, 0.3) is 6.08 Å². The van der Waals surface area contributed by atoms with E-state index >= 15 is 0 Å². The van der Waals surface area contributed by atoms with E-state index in [1.807, 2.05) is 18.2 Å². The molecule has 10 heteroatoms. The number of urea groups is 1. The van der Waals surface area contributed by atoms with Crippen LogP contribution in [0, 0.1) is 0 Å². The highest BCUT2D eigenvalue weighted by Crippen LogP contribution is 2.38. The van der Waals surface area contributed by atoms with Crippen molar-refractivity contribution in [3.63, 3.8) is 0 Å². The number of halogens is 3. The first-order chi connectivity index (χ1) is 16.8. The number of carbonyl (C=O) groups excluding carboxylic acids is 3. The average molecular weight is 621 g/mol. The zero-order valence-electron chi connectivity index (χ0n) is 18.2. The van der Waals surface area contributed by atoms with Gasteiger partial charge in [0.25, 0.3) is 11.8 Å². The molecular formula is C25H17Br2ClN2O5. The molecular weight excluding hydrogens is 604 g/mol. The molecule has 0 atom stereocenters. The lowest BCUT2D eigenvalue weighted by molar-refractivity contribution is -0.122. The highest BCUT2D eigenvalue weighted by atomic mass is 79.9. The number of benzene rings is 3. The molecule has 3 aromatic carbocycles. The fourth-order valence-electron chi connectivity index (χ4n) is 3.38. The first kappa shape index (κ1) is 25.0. The van der Waals surface area contributed by atoms with Gasteiger partial charge in [-0.1, -0.05) is 45.7 Å². The zero-order chi connectivity index (χ0) is 25.1. The fraction of sp³-hybridized carbons (Fsp3) is 0.0800. The van der Waals surface area contributed by atoms with Gasteiger partial charge in [0.05, 0.1) is 17.3 Å². The summed E-state index contributed by atoms with van der Waals surface area (Å²) in [5, 5.41) is 2.79. The van der Waals surface area contributed by atoms with Gasteiger partial charge in [-0.05, 0) is 70.0 Å². The maximum atomic E-state index is 13.1. The monoisotopic (exact) mass is 618 g/mol. The van der Waals surface area contributed by atoms with E-state index in [1.54, 1.807) is 42.5 Å². The third-order valence-corrected chi connectivity index (χ3v) is 6.57. The van der Waals surface area contributed by atoms with Crippen LogP contribution in [0.4, 0.5) is 10.5 Å². The number of amides is 4. The molecule has 1 aliphatic rings. The van der Waals surface area contributed by atoms with Crippen LogP contribution in [0.1, 0.15) is 11.1 Å². The second-order valence-corrected chi connectivity index (χ2v) is 9.53. The van der Waals surface area contributed by atoms with Crippen LogP contribution in [-0.4, -0.2) is 25.0 Å². The largest absolute Gasteiger partial charge is 0.493 e. The van der Waals surface area contributed by atoms with Gasteiger partial charge in [0.15, 0.2) is 11.5 Å². The first-order valence-electron chi connectivity index (χ1n) is 10.2. The SMILES string of the molecule is COc1cc(/C=C2/C(=O)NC(=O)N(c3ccc(Br)cc3)C2=O)cc(Br)c1OCc1ccccc1Cl. The summed E-state index contributed by atoms with van der Waals surface area (Å²) in [5.41, 5.74) is 1.42. The molecule has 1 aliphatic heterocycles. The summed E-state index contributed by atoms with van der Waals surface area (Å²) in [4.78, 5) is 38.9. The number of carbonyl (C=O) groups is 3. The van der Waals surface area contributed by atoms with Gasteiger partial charge in [-0.15, -0.1) is 0 Å². The normalized spacial score (nSPS) is 14.8. The Morgan fingerprint density at radius 1 is 1.03 bits per heavy atom. The average Bonchev–Trinajstić information content (AvgIpc) is 2.83. The van der Waals surface area contributed by atoms with Crippen molar-refractivity contribution in [3.8, 4) is 11.5 Å². The third-order valence-electron chi connectivity index (χ3n) is 5.08. The molecule has 4 amide bonds. The lowest BCUT2D eigenvalue weighted by atomic mass is 10.1. The van der Waals surface area contributed by atoms with Crippen LogP contribution in [0.5, 0.6) is 11.5 Å². The molecule has 0 aliphatic carbocycles. The lowest BCUT2D eigenvalue weighted by Crippen LogP contribution is -2.54. The van der Waals surface area contributed by atoms with Crippen molar-refractivity contribution in [2.75, 3.05) is 12.0 Å². The molecule has 0 bridgehead atoms. The molecule has 0 aromatic heterocycles. The molecule has 35 heavy (non-hydrogen) atoms. The van der Waals surface area contributed by atoms with E-state index in [2.05, 4.69) is 37.2 Å². The summed E-state index contributed by atoms with van der Waals surface area (Å²) < 4.78 is 12.7. The quantitative estimate of drug-likeness (QED) is 0.265. The number of barbiturate groups is 1. The molecule has 1 N–H and O–H groups in total. The molecule has 1 fully saturated rings. The molecule has 0 saturated carbocycles. The number of nitrogens with zero attached hydrogens (tertiary/aromatic N) is 1. The summed E-state index contributed by atoms with van der Waals surface area (Å²) in [7, 11) is 1.48. The molecule has 7 nitrogen and oxygen atoms in total.